The van der Waals surface area contributed by atoms with Crippen LogP contribution in [-0.4, -0.2) is 129 Å². The molecular weight excluding hydrogens is 796 g/mol. The molecule has 2 aromatic heterocycles. The summed E-state index contributed by atoms with van der Waals surface area (Å²) in [5.74, 6) is 0. The highest BCUT2D eigenvalue weighted by atomic mass is 31.3. The van der Waals surface area contributed by atoms with Crippen molar-refractivity contribution in [2.45, 2.75) is 49.1 Å². The number of rotatable bonds is 10. The predicted octanol–water partition coefficient (Wildman–Crippen LogP) is -6.28. The number of nitrogens with one attached hydrogen (secondary N) is 2. The zero-order chi connectivity index (χ0) is 41.0. The first-order valence-corrected chi connectivity index (χ1v) is 18.8. The van der Waals surface area contributed by atoms with Gasteiger partial charge < -0.3 is 69.5 Å². The monoisotopic (exact) mass is 828 g/mol. The number of aromatic nitrogens is 4. The number of aliphatic hydroxyl groups excluding tert-OH is 6. The standard InChI is InChI=1S/2C9H12N2O6.H6O13P4/c2*12-3-4-6(14)7(15)8(17-4)11-2-1-5(13)10-9(11)16;1-14(2,3)11-16(7,8)13-17(9,10)12-15(4,5)6/h2*1-2,4,6-8,12,14-15H,3H2,(H,10,13,16);(H,7,8)(H,9,10)(H2,1,2,3)(H2,4,5,6)/t2*4-,6-,7-,8-;/m11./s1/i2*3D;/t2*3?,4-,6-,7-,8-;. The van der Waals surface area contributed by atoms with E-state index in [4.69, 9.17) is 51.8 Å². The van der Waals surface area contributed by atoms with Crippen LogP contribution in [0.4, 0.5) is 0 Å². The van der Waals surface area contributed by atoms with Gasteiger partial charge in [-0.05, 0) is 0 Å². The van der Waals surface area contributed by atoms with Crippen molar-refractivity contribution >= 4 is 31.3 Å². The van der Waals surface area contributed by atoms with E-state index in [1.807, 2.05) is 9.97 Å². The molecule has 2 aliphatic rings. The first kappa shape index (κ1) is 41.4. The second kappa shape index (κ2) is 17.6. The van der Waals surface area contributed by atoms with Crippen molar-refractivity contribution in [2.75, 3.05) is 13.2 Å². The van der Waals surface area contributed by atoms with Gasteiger partial charge >= 0.3 is 42.7 Å². The van der Waals surface area contributed by atoms with E-state index in [0.717, 1.165) is 33.7 Å². The van der Waals surface area contributed by atoms with Crippen LogP contribution in [0.15, 0.2) is 43.7 Å². The highest BCUT2D eigenvalue weighted by Crippen LogP contribution is 2.69. The minimum absolute atomic E-state index is 0.610. The third-order valence-corrected chi connectivity index (χ3v) is 10.7. The molecule has 292 valence electrons. The molecule has 14 N–H and O–H groups in total. The number of hydrogen-bond donors (Lipinski definition) is 14. The van der Waals surface area contributed by atoms with Gasteiger partial charge in [0.15, 0.2) is 12.5 Å². The van der Waals surface area contributed by atoms with Crippen molar-refractivity contribution < 1.29 is 103 Å². The molecule has 2 aliphatic heterocycles. The zero-order valence-electron chi connectivity index (χ0n) is 26.4. The molecule has 0 radical (unpaired) electrons. The Morgan fingerprint density at radius 3 is 1.18 bits per heavy atom. The van der Waals surface area contributed by atoms with Gasteiger partial charge in [-0.3, -0.25) is 28.7 Å². The largest absolute Gasteiger partial charge is 0.490 e. The van der Waals surface area contributed by atoms with Gasteiger partial charge in [0, 0.05) is 24.5 Å². The van der Waals surface area contributed by atoms with Gasteiger partial charge in [-0.15, -0.1) is 0 Å². The highest BCUT2D eigenvalue weighted by Gasteiger charge is 2.45. The Hall–Kier alpha value is -2.40. The topological polar surface area (TPSA) is 467 Å². The average molecular weight is 828 g/mol. The first-order valence-electron chi connectivity index (χ1n) is 13.9. The lowest BCUT2D eigenvalue weighted by Crippen LogP contribution is -2.37. The summed E-state index contributed by atoms with van der Waals surface area (Å²) < 4.78 is 76.9. The van der Waals surface area contributed by atoms with E-state index in [1.165, 1.54) is 0 Å². The molecule has 2 aromatic rings. The third kappa shape index (κ3) is 13.5. The molecule has 0 bridgehead atoms. The molecule has 33 heteroatoms. The van der Waals surface area contributed by atoms with Crippen LogP contribution >= 0.6 is 31.3 Å². The van der Waals surface area contributed by atoms with Crippen molar-refractivity contribution in [2.24, 2.45) is 0 Å². The molecule has 0 saturated carbocycles. The number of ether oxygens (including phenoxy) is 2. The summed E-state index contributed by atoms with van der Waals surface area (Å²) in [5, 5.41) is 56.6. The summed E-state index contributed by atoms with van der Waals surface area (Å²) in [6.07, 6.45) is -8.97. The van der Waals surface area contributed by atoms with Gasteiger partial charge in [-0.25, -0.2) is 27.8 Å². The number of hydrogen-bond acceptors (Lipinski definition) is 19. The molecule has 12 atom stereocenters. The van der Waals surface area contributed by atoms with Crippen molar-refractivity contribution in [3.05, 3.63) is 66.2 Å². The molecule has 2 saturated heterocycles. The van der Waals surface area contributed by atoms with E-state index in [9.17, 15) is 57.9 Å². The van der Waals surface area contributed by atoms with Gasteiger partial charge in [-0.1, -0.05) is 0 Å². The van der Waals surface area contributed by atoms with Gasteiger partial charge in [-0.2, -0.15) is 12.9 Å². The highest BCUT2D eigenvalue weighted by molar-refractivity contribution is 7.69. The molecular formula is C18H30N4O25P4. The second-order valence-electron chi connectivity index (χ2n) is 9.44. The van der Waals surface area contributed by atoms with Crippen LogP contribution in [0.2, 0.25) is 0 Å². The van der Waals surface area contributed by atoms with Crippen LogP contribution < -0.4 is 22.5 Å². The quantitative estimate of drug-likeness (QED) is 0.0990. The lowest BCUT2D eigenvalue weighted by molar-refractivity contribution is -0.0550. The van der Waals surface area contributed by atoms with E-state index < -0.39 is 116 Å². The minimum atomic E-state index is -5.77. The van der Waals surface area contributed by atoms with Crippen molar-refractivity contribution in [1.29, 1.82) is 0 Å². The molecule has 4 unspecified atom stereocenters. The minimum Gasteiger partial charge on any atom is -0.394 e. The van der Waals surface area contributed by atoms with Crippen molar-refractivity contribution in [1.82, 2.24) is 19.1 Å². The fourth-order valence-corrected chi connectivity index (χ4v) is 7.73. The van der Waals surface area contributed by atoms with Crippen molar-refractivity contribution in [3.8, 4) is 0 Å². The fraction of sp³-hybridized carbons (Fsp3) is 0.556. The lowest BCUT2D eigenvalue weighted by Gasteiger charge is -2.16. The summed E-state index contributed by atoms with van der Waals surface area (Å²) in [4.78, 5) is 98.1. The van der Waals surface area contributed by atoms with Crippen LogP contribution in [0.25, 0.3) is 0 Å². The van der Waals surface area contributed by atoms with E-state index in [1.54, 1.807) is 0 Å². The van der Waals surface area contributed by atoms with E-state index in [-0.39, 0.29) is 0 Å². The molecule has 29 nitrogen and oxygen atoms in total. The number of nitrogens with zero attached hydrogens (tertiary/aromatic N) is 2. The average Bonchev–Trinajstić information content (AvgIpc) is 3.41. The Morgan fingerprint density at radius 2 is 0.941 bits per heavy atom. The van der Waals surface area contributed by atoms with E-state index in [0.29, 0.717) is 0 Å². The van der Waals surface area contributed by atoms with Gasteiger partial charge in [0.25, 0.3) is 11.1 Å². The van der Waals surface area contributed by atoms with Gasteiger partial charge in [0.1, 0.15) is 36.6 Å². The summed E-state index contributed by atoms with van der Waals surface area (Å²) in [6.45, 7) is -3.50. The number of H-pyrrole nitrogens is 2. The first-order chi connectivity index (χ1) is 23.9. The summed E-state index contributed by atoms with van der Waals surface area (Å²) >= 11 is 0. The lowest BCUT2D eigenvalue weighted by atomic mass is 10.1. The maximum absolute atomic E-state index is 11.5. The fourth-order valence-electron chi connectivity index (χ4n) is 3.76. The Labute approximate surface area is 282 Å². The summed E-state index contributed by atoms with van der Waals surface area (Å²) in [5.41, 5.74) is -2.86. The summed E-state index contributed by atoms with van der Waals surface area (Å²) in [7, 11) is -22.6. The van der Waals surface area contributed by atoms with Crippen LogP contribution in [0.3, 0.4) is 0 Å². The Balaban J connectivity index is 0.000000275. The van der Waals surface area contributed by atoms with Crippen molar-refractivity contribution in [3.63, 3.8) is 0 Å². The molecule has 51 heavy (non-hydrogen) atoms. The normalized spacial score (nSPS) is 30.6. The zero-order valence-corrected chi connectivity index (χ0v) is 28.0. The molecule has 4 rings (SSSR count). The van der Waals surface area contributed by atoms with Crippen LogP contribution in [0.5, 0.6) is 0 Å². The smallest absolute Gasteiger partial charge is 0.394 e. The van der Waals surface area contributed by atoms with E-state index >= 15 is 0 Å². The Kier molecular flexibility index (Phi) is 14.3. The van der Waals surface area contributed by atoms with Gasteiger partial charge in [0.05, 0.1) is 15.9 Å². The molecule has 4 heterocycles. The van der Waals surface area contributed by atoms with Crippen LogP contribution in [-0.2, 0) is 40.7 Å². The second-order valence-corrected chi connectivity index (χ2v) is 15.2. The SMILES string of the molecule is O=P(O)(O)OP(=O)(O)OP(=O)(O)OP(=O)(O)O.[2H]C(O)[C@H]1O[C@@H](n2ccc(=O)[nH]c2=O)[C@H](O)[C@@H]1O.[2H]C(O)[C@H]1O[C@@H](n2ccc(=O)[nH]c2=O)[C@H](O)[C@@H]1O. The predicted molar refractivity (Wildman–Crippen MR) is 156 cm³/mol. The maximum Gasteiger partial charge on any atom is 0.490 e. The Morgan fingerprint density at radius 1 is 0.627 bits per heavy atom. The maximum atomic E-state index is 11.5. The molecule has 0 aliphatic carbocycles. The number of aromatic amines is 2. The molecule has 2 fully saturated rings. The third-order valence-electron chi connectivity index (χ3n) is 5.72. The molecule has 0 aromatic carbocycles. The van der Waals surface area contributed by atoms with Crippen LogP contribution in [0.1, 0.15) is 15.2 Å². The number of phosphoric acid groups is 4. The molecule has 0 amide bonds. The van der Waals surface area contributed by atoms with E-state index in [2.05, 4.69) is 12.9 Å². The molecule has 0 spiro atoms. The van der Waals surface area contributed by atoms with Gasteiger partial charge in [0.2, 0.25) is 0 Å². The van der Waals surface area contributed by atoms with Crippen LogP contribution in [0, 0.1) is 0 Å². The number of aliphatic hydroxyl groups is 6. The Bertz CT molecular complexity index is 1850. The summed E-state index contributed by atoms with van der Waals surface area (Å²) in [6, 6.07) is 2.10.